The fraction of sp³-hybridized carbons (Fsp3) is 0.500. The molecule has 1 aromatic heterocycles. The largest absolute Gasteiger partial charge is 0.468 e. The third-order valence-electron chi connectivity index (χ3n) is 4.51. The first-order chi connectivity index (χ1) is 13.6. The van der Waals surface area contributed by atoms with E-state index < -0.39 is 0 Å². The van der Waals surface area contributed by atoms with E-state index in [-0.39, 0.29) is 12.1 Å². The van der Waals surface area contributed by atoms with Crippen LogP contribution in [0.15, 0.2) is 58.1 Å². The quantitative estimate of drug-likeness (QED) is 0.351. The van der Waals surface area contributed by atoms with Crippen molar-refractivity contribution in [1.82, 2.24) is 15.5 Å². The van der Waals surface area contributed by atoms with Crippen molar-refractivity contribution in [3.63, 3.8) is 0 Å². The molecule has 0 aliphatic carbocycles. The van der Waals surface area contributed by atoms with Gasteiger partial charge in [0.25, 0.3) is 0 Å². The van der Waals surface area contributed by atoms with E-state index in [1.165, 1.54) is 5.56 Å². The molecular weight excluding hydrogens is 352 g/mol. The lowest BCUT2D eigenvalue weighted by atomic mass is 10.1. The molecular formula is C22H34N4O2. The zero-order valence-corrected chi connectivity index (χ0v) is 17.5. The maximum absolute atomic E-state index is 5.93. The number of hydrogen-bond acceptors (Lipinski definition) is 4. The van der Waals surface area contributed by atoms with Gasteiger partial charge >= 0.3 is 0 Å². The van der Waals surface area contributed by atoms with Gasteiger partial charge in [0.2, 0.25) is 0 Å². The Labute approximate surface area is 169 Å². The Bertz CT molecular complexity index is 671. The molecule has 2 atom stereocenters. The highest BCUT2D eigenvalue weighted by Gasteiger charge is 2.16. The second-order valence-electron chi connectivity index (χ2n) is 6.92. The van der Waals surface area contributed by atoms with Crippen molar-refractivity contribution in [3.05, 3.63) is 60.1 Å². The van der Waals surface area contributed by atoms with Gasteiger partial charge in [0.05, 0.1) is 25.0 Å². The van der Waals surface area contributed by atoms with Crippen LogP contribution in [0, 0.1) is 0 Å². The molecule has 0 spiro atoms. The summed E-state index contributed by atoms with van der Waals surface area (Å²) in [4.78, 5) is 6.84. The Hall–Kier alpha value is -2.31. The number of aliphatic imine (C=N–C) groups is 1. The number of likely N-dealkylation sites (N-methyl/N-ethyl adjacent to an activating group) is 1. The van der Waals surface area contributed by atoms with E-state index in [1.807, 2.05) is 44.4 Å². The van der Waals surface area contributed by atoms with Crippen molar-refractivity contribution in [2.24, 2.45) is 4.99 Å². The standard InChI is InChI=1S/C22H34N4O2/c1-5-23-22(25-17-20(26(3)4)21-13-9-15-28-21)24-14-10-16-27-18(2)19-11-7-6-8-12-19/h6-9,11-13,15,18,20H,5,10,14,16-17H2,1-4H3,(H2,23,24,25). The Balaban J connectivity index is 1.76. The number of furan rings is 1. The first-order valence-corrected chi connectivity index (χ1v) is 10.00. The lowest BCUT2D eigenvalue weighted by molar-refractivity contribution is 0.0646. The van der Waals surface area contributed by atoms with Gasteiger partial charge in [0, 0.05) is 19.7 Å². The summed E-state index contributed by atoms with van der Waals surface area (Å²) >= 11 is 0. The van der Waals surface area contributed by atoms with Gasteiger partial charge < -0.3 is 19.8 Å². The van der Waals surface area contributed by atoms with Crippen LogP contribution in [-0.4, -0.2) is 51.2 Å². The number of benzene rings is 1. The molecule has 0 saturated heterocycles. The second-order valence-corrected chi connectivity index (χ2v) is 6.92. The molecule has 0 bridgehead atoms. The lowest BCUT2D eigenvalue weighted by Gasteiger charge is -2.21. The Morgan fingerprint density at radius 2 is 1.93 bits per heavy atom. The van der Waals surface area contributed by atoms with Crippen molar-refractivity contribution in [1.29, 1.82) is 0 Å². The van der Waals surface area contributed by atoms with Gasteiger partial charge in [0.15, 0.2) is 5.96 Å². The molecule has 0 saturated carbocycles. The first kappa shape index (κ1) is 22.0. The Morgan fingerprint density at radius 1 is 1.14 bits per heavy atom. The SMILES string of the molecule is CCNC(=NCC(c1ccco1)N(C)C)NCCCOC(C)c1ccccc1. The minimum absolute atomic E-state index is 0.109. The molecule has 0 amide bonds. The molecule has 6 heteroatoms. The van der Waals surface area contributed by atoms with Crippen LogP contribution in [0.4, 0.5) is 0 Å². The second kappa shape index (κ2) is 12.2. The minimum Gasteiger partial charge on any atom is -0.468 e. The maximum Gasteiger partial charge on any atom is 0.191 e. The lowest BCUT2D eigenvalue weighted by Crippen LogP contribution is -2.38. The van der Waals surface area contributed by atoms with Crippen LogP contribution in [-0.2, 0) is 4.74 Å². The third-order valence-corrected chi connectivity index (χ3v) is 4.51. The fourth-order valence-corrected chi connectivity index (χ4v) is 2.87. The van der Waals surface area contributed by atoms with Crippen molar-refractivity contribution in [2.45, 2.75) is 32.4 Å². The van der Waals surface area contributed by atoms with Crippen molar-refractivity contribution >= 4 is 5.96 Å². The van der Waals surface area contributed by atoms with E-state index in [0.29, 0.717) is 13.2 Å². The number of nitrogens with one attached hydrogen (secondary N) is 2. The summed E-state index contributed by atoms with van der Waals surface area (Å²) in [5.74, 6) is 1.74. The molecule has 28 heavy (non-hydrogen) atoms. The number of hydrogen-bond donors (Lipinski definition) is 2. The Morgan fingerprint density at radius 3 is 2.57 bits per heavy atom. The number of rotatable bonds is 11. The fourth-order valence-electron chi connectivity index (χ4n) is 2.87. The molecule has 2 unspecified atom stereocenters. The van der Waals surface area contributed by atoms with Gasteiger partial charge in [0.1, 0.15) is 5.76 Å². The van der Waals surface area contributed by atoms with Crippen LogP contribution in [0.1, 0.15) is 43.7 Å². The van der Waals surface area contributed by atoms with Crippen LogP contribution < -0.4 is 10.6 Å². The van der Waals surface area contributed by atoms with Gasteiger partial charge in [-0.05, 0) is 52.1 Å². The van der Waals surface area contributed by atoms with E-state index in [1.54, 1.807) is 6.26 Å². The van der Waals surface area contributed by atoms with Crippen molar-refractivity contribution < 1.29 is 9.15 Å². The Kier molecular flexibility index (Phi) is 9.59. The van der Waals surface area contributed by atoms with E-state index >= 15 is 0 Å². The highest BCUT2D eigenvalue weighted by Crippen LogP contribution is 2.19. The average molecular weight is 387 g/mol. The molecule has 154 valence electrons. The maximum atomic E-state index is 5.93. The van der Waals surface area contributed by atoms with E-state index in [4.69, 9.17) is 14.1 Å². The molecule has 1 heterocycles. The molecule has 2 N–H and O–H groups in total. The van der Waals surface area contributed by atoms with E-state index in [2.05, 4.69) is 41.5 Å². The predicted octanol–water partition coefficient (Wildman–Crippen LogP) is 3.61. The number of nitrogens with zero attached hydrogens (tertiary/aromatic N) is 2. The summed E-state index contributed by atoms with van der Waals surface area (Å²) in [6.45, 7) is 7.11. The zero-order valence-electron chi connectivity index (χ0n) is 17.5. The normalized spacial score (nSPS) is 14.1. The van der Waals surface area contributed by atoms with Crippen LogP contribution in [0.25, 0.3) is 0 Å². The summed E-state index contributed by atoms with van der Waals surface area (Å²) < 4.78 is 11.5. The topological polar surface area (TPSA) is 62.0 Å². The van der Waals surface area contributed by atoms with Gasteiger partial charge in [-0.2, -0.15) is 0 Å². The molecule has 0 fully saturated rings. The van der Waals surface area contributed by atoms with Gasteiger partial charge in [-0.15, -0.1) is 0 Å². The molecule has 2 aromatic rings. The average Bonchev–Trinajstić information content (AvgIpc) is 3.22. The van der Waals surface area contributed by atoms with Crippen molar-refractivity contribution in [3.8, 4) is 0 Å². The van der Waals surface area contributed by atoms with Crippen molar-refractivity contribution in [2.75, 3.05) is 40.3 Å². The first-order valence-electron chi connectivity index (χ1n) is 10.00. The van der Waals surface area contributed by atoms with E-state index in [0.717, 1.165) is 31.2 Å². The number of guanidine groups is 1. The van der Waals surface area contributed by atoms with Crippen LogP contribution >= 0.6 is 0 Å². The minimum atomic E-state index is 0.109. The van der Waals surface area contributed by atoms with Crippen LogP contribution in [0.2, 0.25) is 0 Å². The van der Waals surface area contributed by atoms with Gasteiger partial charge in [-0.1, -0.05) is 30.3 Å². The number of ether oxygens (including phenoxy) is 1. The summed E-state index contributed by atoms with van der Waals surface area (Å²) in [7, 11) is 4.07. The molecule has 6 nitrogen and oxygen atoms in total. The van der Waals surface area contributed by atoms with Gasteiger partial charge in [-0.25, -0.2) is 0 Å². The van der Waals surface area contributed by atoms with Gasteiger partial charge in [-0.3, -0.25) is 9.89 Å². The summed E-state index contributed by atoms with van der Waals surface area (Å²) in [5, 5.41) is 6.68. The highest BCUT2D eigenvalue weighted by atomic mass is 16.5. The predicted molar refractivity (Wildman–Crippen MR) is 115 cm³/mol. The van der Waals surface area contributed by atoms with Crippen LogP contribution in [0.3, 0.4) is 0 Å². The molecule has 0 aliphatic rings. The molecule has 0 aliphatic heterocycles. The van der Waals surface area contributed by atoms with Crippen LogP contribution in [0.5, 0.6) is 0 Å². The highest BCUT2D eigenvalue weighted by molar-refractivity contribution is 5.79. The summed E-state index contributed by atoms with van der Waals surface area (Å²) in [6.07, 6.45) is 2.73. The molecule has 1 aromatic carbocycles. The smallest absolute Gasteiger partial charge is 0.191 e. The molecule has 2 rings (SSSR count). The summed E-state index contributed by atoms with van der Waals surface area (Å²) in [6, 6.07) is 14.3. The zero-order chi connectivity index (χ0) is 20.2. The summed E-state index contributed by atoms with van der Waals surface area (Å²) in [5.41, 5.74) is 1.21. The van der Waals surface area contributed by atoms with E-state index in [9.17, 15) is 0 Å². The monoisotopic (exact) mass is 386 g/mol. The molecule has 0 radical (unpaired) electrons. The third kappa shape index (κ3) is 7.37.